The van der Waals surface area contributed by atoms with E-state index in [1.54, 1.807) is 0 Å². The first-order valence-electron chi connectivity index (χ1n) is 9.84. The molecule has 0 saturated carbocycles. The van der Waals surface area contributed by atoms with E-state index in [1.165, 1.54) is 0 Å². The summed E-state index contributed by atoms with van der Waals surface area (Å²) < 4.78 is 12.2. The molecule has 6 heteroatoms. The van der Waals surface area contributed by atoms with E-state index in [2.05, 4.69) is 45.5 Å². The highest BCUT2D eigenvalue weighted by atomic mass is 16.5. The van der Waals surface area contributed by atoms with Crippen LogP contribution < -0.4 is 9.75 Å². The average Bonchev–Trinajstić information content (AvgIpc) is 3.44. The molecule has 0 aliphatic carbocycles. The van der Waals surface area contributed by atoms with Gasteiger partial charge in [0.05, 0.1) is 30.9 Å². The lowest BCUT2D eigenvalue weighted by Crippen LogP contribution is -2.59. The number of aliphatic imine (C=N–C) groups is 2. The highest BCUT2D eigenvalue weighted by molar-refractivity contribution is 5.82. The van der Waals surface area contributed by atoms with Crippen molar-refractivity contribution in [2.24, 2.45) is 9.98 Å². The molecule has 3 aliphatic rings. The van der Waals surface area contributed by atoms with Gasteiger partial charge in [-0.1, -0.05) is 36.4 Å². The largest absolute Gasteiger partial charge is 0.489 e. The quantitative estimate of drug-likeness (QED) is 0.703. The third-order valence-corrected chi connectivity index (χ3v) is 5.39. The van der Waals surface area contributed by atoms with Gasteiger partial charge in [0.15, 0.2) is 6.20 Å². The van der Waals surface area contributed by atoms with E-state index >= 15 is 0 Å². The molecule has 3 heterocycles. The minimum atomic E-state index is 0.225. The average molecular weight is 387 g/mol. The van der Waals surface area contributed by atoms with E-state index in [4.69, 9.17) is 9.47 Å². The van der Waals surface area contributed by atoms with Gasteiger partial charge < -0.3 is 9.47 Å². The molecular formula is C23H23N4O2+. The van der Waals surface area contributed by atoms with Crippen molar-refractivity contribution in [2.75, 3.05) is 18.2 Å². The molecular weight excluding hydrogens is 364 g/mol. The summed E-state index contributed by atoms with van der Waals surface area (Å²) in [6.45, 7) is 1.98. The molecule has 0 radical (unpaired) electrons. The van der Waals surface area contributed by atoms with E-state index in [-0.39, 0.29) is 6.04 Å². The SMILES string of the molecule is C1=C[N+]2(N(c3cccc(OCc4ccccc4)c3)C3CCOC3)C=NC=C2C=N1. The summed E-state index contributed by atoms with van der Waals surface area (Å²) in [5, 5.41) is 2.34. The highest BCUT2D eigenvalue weighted by Gasteiger charge is 2.46. The smallest absolute Gasteiger partial charge is 0.225 e. The summed E-state index contributed by atoms with van der Waals surface area (Å²) >= 11 is 0. The molecule has 2 unspecified atom stereocenters. The van der Waals surface area contributed by atoms with Crippen LogP contribution in [0.3, 0.4) is 0 Å². The number of anilines is 1. The molecule has 0 aromatic heterocycles. The van der Waals surface area contributed by atoms with Gasteiger partial charge in [0.2, 0.25) is 12.0 Å². The lowest BCUT2D eigenvalue weighted by molar-refractivity contribution is -0.745. The van der Waals surface area contributed by atoms with E-state index < -0.39 is 0 Å². The van der Waals surface area contributed by atoms with Crippen molar-refractivity contribution in [3.63, 3.8) is 0 Å². The third-order valence-electron chi connectivity index (χ3n) is 5.39. The van der Waals surface area contributed by atoms with E-state index in [1.807, 2.05) is 55.3 Å². The fourth-order valence-electron chi connectivity index (χ4n) is 3.98. The van der Waals surface area contributed by atoms with Gasteiger partial charge in [-0.3, -0.25) is 4.99 Å². The molecule has 0 amide bonds. The number of nitrogens with zero attached hydrogens (tertiary/aromatic N) is 4. The molecule has 29 heavy (non-hydrogen) atoms. The van der Waals surface area contributed by atoms with Gasteiger partial charge in [0.1, 0.15) is 18.4 Å². The first-order valence-corrected chi connectivity index (χ1v) is 9.84. The lowest BCUT2D eigenvalue weighted by atomic mass is 10.2. The van der Waals surface area contributed by atoms with Crippen LogP contribution in [0.1, 0.15) is 12.0 Å². The Bertz CT molecular complexity index is 993. The second-order valence-electron chi connectivity index (χ2n) is 7.27. The number of ether oxygens (including phenoxy) is 2. The fourth-order valence-corrected chi connectivity index (χ4v) is 3.98. The normalized spacial score (nSPS) is 24.4. The fraction of sp³-hybridized carbons (Fsp3) is 0.217. The second kappa shape index (κ2) is 7.66. The summed E-state index contributed by atoms with van der Waals surface area (Å²) in [6, 6.07) is 18.7. The second-order valence-corrected chi connectivity index (χ2v) is 7.27. The maximum absolute atomic E-state index is 6.08. The molecule has 3 aliphatic heterocycles. The summed E-state index contributed by atoms with van der Waals surface area (Å²) in [6.07, 6.45) is 10.5. The molecule has 2 aromatic rings. The van der Waals surface area contributed by atoms with Crippen LogP contribution >= 0.6 is 0 Å². The van der Waals surface area contributed by atoms with Crippen LogP contribution in [0.5, 0.6) is 5.75 Å². The molecule has 1 fully saturated rings. The summed E-state index contributed by atoms with van der Waals surface area (Å²) in [7, 11) is 0. The molecule has 146 valence electrons. The Morgan fingerprint density at radius 2 is 2.03 bits per heavy atom. The Hall–Kier alpha value is -3.22. The van der Waals surface area contributed by atoms with Crippen LogP contribution in [-0.4, -0.2) is 36.4 Å². The van der Waals surface area contributed by atoms with E-state index in [9.17, 15) is 0 Å². The van der Waals surface area contributed by atoms with Crippen molar-refractivity contribution in [3.05, 3.63) is 84.5 Å². The van der Waals surface area contributed by atoms with Gasteiger partial charge in [0.25, 0.3) is 0 Å². The van der Waals surface area contributed by atoms with Crippen LogP contribution in [-0.2, 0) is 11.3 Å². The lowest BCUT2D eigenvalue weighted by Gasteiger charge is -2.42. The topological polar surface area (TPSA) is 46.4 Å². The van der Waals surface area contributed by atoms with E-state index in [0.717, 1.165) is 35.7 Å². The predicted molar refractivity (Wildman–Crippen MR) is 113 cm³/mol. The van der Waals surface area contributed by atoms with Gasteiger partial charge in [-0.2, -0.15) is 0 Å². The van der Waals surface area contributed by atoms with Crippen LogP contribution in [0.2, 0.25) is 0 Å². The maximum Gasteiger partial charge on any atom is 0.225 e. The van der Waals surface area contributed by atoms with Crippen LogP contribution in [0.25, 0.3) is 0 Å². The summed E-state index contributed by atoms with van der Waals surface area (Å²) in [5.74, 6) is 0.838. The number of rotatable bonds is 6. The maximum atomic E-state index is 6.08. The minimum Gasteiger partial charge on any atom is -0.489 e. The van der Waals surface area contributed by atoms with Crippen molar-refractivity contribution in [2.45, 2.75) is 19.1 Å². The Balaban J connectivity index is 1.47. The van der Waals surface area contributed by atoms with Gasteiger partial charge in [-0.25, -0.2) is 10.0 Å². The number of hydrogen-bond acceptors (Lipinski definition) is 5. The number of hydrogen-bond donors (Lipinski definition) is 0. The molecule has 1 saturated heterocycles. The van der Waals surface area contributed by atoms with Crippen molar-refractivity contribution in [1.29, 1.82) is 0 Å². The number of benzene rings is 2. The first-order chi connectivity index (χ1) is 14.4. The summed E-state index contributed by atoms with van der Waals surface area (Å²) in [4.78, 5) is 8.74. The Morgan fingerprint density at radius 1 is 1.10 bits per heavy atom. The Labute approximate surface area is 170 Å². The van der Waals surface area contributed by atoms with Gasteiger partial charge >= 0.3 is 0 Å². The zero-order chi connectivity index (χ0) is 19.5. The number of fused-ring (bicyclic) bond motifs is 1. The molecule has 5 rings (SSSR count). The first kappa shape index (κ1) is 17.8. The molecule has 6 nitrogen and oxygen atoms in total. The zero-order valence-corrected chi connectivity index (χ0v) is 16.1. The Kier molecular flexibility index (Phi) is 4.71. The third kappa shape index (κ3) is 3.37. The Morgan fingerprint density at radius 3 is 2.90 bits per heavy atom. The standard InChI is InChI=1S/C23H23N4O2/c1-2-5-19(6-3-1)16-29-23-8-4-7-20(13-23)26(21-9-12-28-17-21)27-11-10-24-14-22(27)15-25-18-27/h1-8,10-11,13-15,18,21H,9,12,16-17H2/q+1. The van der Waals surface area contributed by atoms with Gasteiger partial charge in [-0.15, -0.1) is 4.59 Å². The molecule has 0 bridgehead atoms. The number of quaternary nitrogens is 1. The van der Waals surface area contributed by atoms with Crippen molar-refractivity contribution < 1.29 is 14.1 Å². The van der Waals surface area contributed by atoms with Crippen molar-refractivity contribution in [1.82, 2.24) is 0 Å². The molecule has 2 aromatic carbocycles. The van der Waals surface area contributed by atoms with Crippen molar-refractivity contribution >= 4 is 18.2 Å². The molecule has 0 spiro atoms. The molecule has 2 atom stereocenters. The van der Waals surface area contributed by atoms with Crippen LogP contribution in [0.15, 0.2) is 88.9 Å². The summed E-state index contributed by atoms with van der Waals surface area (Å²) in [5.41, 5.74) is 3.22. The predicted octanol–water partition coefficient (Wildman–Crippen LogP) is 4.03. The number of allylic oxidation sites excluding steroid dienone is 1. The zero-order valence-electron chi connectivity index (χ0n) is 16.1. The van der Waals surface area contributed by atoms with Crippen molar-refractivity contribution in [3.8, 4) is 5.75 Å². The van der Waals surface area contributed by atoms with Gasteiger partial charge in [0, 0.05) is 12.7 Å². The molecule has 0 N–H and O–H groups in total. The van der Waals surface area contributed by atoms with Crippen LogP contribution in [0, 0.1) is 0 Å². The minimum absolute atomic E-state index is 0.225. The van der Waals surface area contributed by atoms with E-state index in [0.29, 0.717) is 17.8 Å². The monoisotopic (exact) mass is 387 g/mol. The highest BCUT2D eigenvalue weighted by Crippen LogP contribution is 2.36. The van der Waals surface area contributed by atoms with Gasteiger partial charge in [-0.05, 0) is 24.1 Å². The van der Waals surface area contributed by atoms with Crippen LogP contribution in [0.4, 0.5) is 5.69 Å².